The molecule has 0 spiro atoms. The second-order valence-corrected chi connectivity index (χ2v) is 9.80. The van der Waals surface area contributed by atoms with Crippen LogP contribution in [0.5, 0.6) is 0 Å². The number of hydrogen-bond acceptors (Lipinski definition) is 8. The third-order valence-corrected chi connectivity index (χ3v) is 7.59. The molecule has 31 heavy (non-hydrogen) atoms. The normalized spacial score (nSPS) is 18.0. The van der Waals surface area contributed by atoms with Crippen LogP contribution in [-0.2, 0) is 17.8 Å². The van der Waals surface area contributed by atoms with E-state index in [-0.39, 0.29) is 17.9 Å². The van der Waals surface area contributed by atoms with E-state index in [2.05, 4.69) is 11.9 Å². The number of carbonyl (C=O) groups is 2. The Bertz CT molecular complexity index is 1160. The van der Waals surface area contributed by atoms with E-state index < -0.39 is 0 Å². The quantitative estimate of drug-likeness (QED) is 0.343. The molecule has 2 aliphatic rings. The number of hydrogen-bond donors (Lipinski definition) is 1. The minimum atomic E-state index is -0.246. The Balaban J connectivity index is 1.30. The number of rotatable bonds is 6. The van der Waals surface area contributed by atoms with Gasteiger partial charge in [0.05, 0.1) is 29.2 Å². The number of fused-ring (bicyclic) bond motifs is 4. The van der Waals surface area contributed by atoms with Gasteiger partial charge in [-0.25, -0.2) is 9.97 Å². The number of imide groups is 1. The van der Waals surface area contributed by atoms with Crippen LogP contribution in [0.2, 0.25) is 0 Å². The molecule has 0 radical (unpaired) electrons. The Morgan fingerprint density at radius 2 is 1.97 bits per heavy atom. The van der Waals surface area contributed by atoms with E-state index in [0.717, 1.165) is 29.5 Å². The predicted molar refractivity (Wildman–Crippen MR) is 122 cm³/mol. The third kappa shape index (κ3) is 3.60. The van der Waals surface area contributed by atoms with Crippen LogP contribution in [0.25, 0.3) is 10.2 Å². The monoisotopic (exact) mass is 454 g/mol. The second-order valence-electron chi connectivity index (χ2n) is 7.66. The molecule has 7 nitrogen and oxygen atoms in total. The summed E-state index contributed by atoms with van der Waals surface area (Å²) in [6.45, 7) is 3.06. The lowest BCUT2D eigenvalue weighted by Crippen LogP contribution is -2.31. The number of anilines is 1. The maximum absolute atomic E-state index is 12.5. The highest BCUT2D eigenvalue weighted by Gasteiger charge is 2.34. The van der Waals surface area contributed by atoms with Gasteiger partial charge in [0.2, 0.25) is 0 Å². The van der Waals surface area contributed by atoms with Crippen molar-refractivity contribution in [2.24, 2.45) is 0 Å². The van der Waals surface area contributed by atoms with E-state index in [1.807, 2.05) is 0 Å². The highest BCUT2D eigenvalue weighted by molar-refractivity contribution is 7.99. The van der Waals surface area contributed by atoms with Crippen molar-refractivity contribution < 1.29 is 14.3 Å². The number of thioether (sulfide) groups is 1. The van der Waals surface area contributed by atoms with Gasteiger partial charge in [-0.05, 0) is 24.1 Å². The number of amides is 2. The summed E-state index contributed by atoms with van der Waals surface area (Å²) in [4.78, 5) is 37.5. The lowest BCUT2D eigenvalue weighted by atomic mass is 10.0. The van der Waals surface area contributed by atoms with Crippen molar-refractivity contribution in [1.29, 1.82) is 0 Å². The van der Waals surface area contributed by atoms with Crippen LogP contribution in [0.3, 0.4) is 0 Å². The Morgan fingerprint density at radius 3 is 2.68 bits per heavy atom. The summed E-state index contributed by atoms with van der Waals surface area (Å²) < 4.78 is 5.96. The molecule has 1 atom stereocenters. The first-order chi connectivity index (χ1) is 15.1. The number of nitrogens with two attached hydrogens (primary N) is 1. The van der Waals surface area contributed by atoms with Gasteiger partial charge >= 0.3 is 0 Å². The molecule has 5 rings (SSSR count). The highest BCUT2D eigenvalue weighted by atomic mass is 32.2. The fourth-order valence-corrected chi connectivity index (χ4v) is 6.13. The molecule has 3 aromatic rings. The molecule has 2 N–H and O–H groups in total. The zero-order valence-electron chi connectivity index (χ0n) is 17.1. The van der Waals surface area contributed by atoms with Crippen LogP contribution in [0.15, 0.2) is 29.4 Å². The van der Waals surface area contributed by atoms with Crippen molar-refractivity contribution in [3.63, 3.8) is 0 Å². The Kier molecular flexibility index (Phi) is 5.41. The molecule has 0 saturated heterocycles. The smallest absolute Gasteiger partial charge is 0.261 e. The fraction of sp³-hybridized carbons (Fsp3) is 0.364. The molecule has 0 fully saturated rings. The number of carbonyl (C=O) groups excluding carboxylic acids is 2. The van der Waals surface area contributed by atoms with Crippen LogP contribution in [0.4, 0.5) is 5.82 Å². The van der Waals surface area contributed by atoms with Crippen LogP contribution in [0.1, 0.15) is 50.9 Å². The second kappa shape index (κ2) is 8.22. The SMILES string of the molecule is CCC[C@H]1Cc2c(sc3nc(SCCN4C(=O)c5ccccc5C4=O)nc(N)c23)CO1. The van der Waals surface area contributed by atoms with Crippen LogP contribution in [0, 0.1) is 0 Å². The number of nitrogens with zero attached hydrogens (tertiary/aromatic N) is 3. The molecule has 160 valence electrons. The first-order valence-electron chi connectivity index (χ1n) is 10.3. The fourth-order valence-electron chi connectivity index (χ4n) is 4.17. The Labute approximate surface area is 188 Å². The van der Waals surface area contributed by atoms with Gasteiger partial charge in [-0.15, -0.1) is 11.3 Å². The molecule has 0 unspecified atom stereocenters. The molecular formula is C22H22N4O3S2. The van der Waals surface area contributed by atoms with Gasteiger partial charge < -0.3 is 10.5 Å². The largest absolute Gasteiger partial charge is 0.383 e. The molecule has 0 bridgehead atoms. The first kappa shape index (κ1) is 20.4. The van der Waals surface area contributed by atoms with Gasteiger partial charge in [-0.2, -0.15) is 0 Å². The summed E-state index contributed by atoms with van der Waals surface area (Å²) in [5.74, 6) is 0.501. The van der Waals surface area contributed by atoms with Crippen LogP contribution in [-0.4, -0.2) is 45.1 Å². The van der Waals surface area contributed by atoms with E-state index in [1.165, 1.54) is 27.1 Å². The summed E-state index contributed by atoms with van der Waals surface area (Å²) in [5.41, 5.74) is 8.48. The standard InChI is InChI=1S/C22H22N4O3S2/c1-2-5-12-10-15-16(11-29-12)31-19-17(15)18(23)24-22(25-19)30-9-8-26-20(27)13-6-3-4-7-14(13)21(26)28/h3-4,6-7,12H,2,5,8-11H2,1H3,(H2,23,24,25)/t12-/m0/s1. The molecule has 2 aliphatic heterocycles. The van der Waals surface area contributed by atoms with Gasteiger partial charge in [0.1, 0.15) is 10.6 Å². The van der Waals surface area contributed by atoms with E-state index in [9.17, 15) is 9.59 Å². The zero-order valence-corrected chi connectivity index (χ0v) is 18.7. The molecule has 2 amide bonds. The number of aromatic nitrogens is 2. The van der Waals surface area contributed by atoms with E-state index in [1.54, 1.807) is 35.6 Å². The molecular weight excluding hydrogens is 432 g/mol. The average Bonchev–Trinajstić information content (AvgIpc) is 3.25. The lowest BCUT2D eigenvalue weighted by molar-refractivity contribution is 0.0254. The predicted octanol–water partition coefficient (Wildman–Crippen LogP) is 3.90. The minimum Gasteiger partial charge on any atom is -0.383 e. The topological polar surface area (TPSA) is 98.4 Å². The van der Waals surface area contributed by atoms with E-state index in [4.69, 9.17) is 15.5 Å². The molecule has 0 saturated carbocycles. The number of ether oxygens (including phenoxy) is 1. The van der Waals surface area contributed by atoms with Crippen LogP contribution < -0.4 is 5.73 Å². The van der Waals surface area contributed by atoms with Gasteiger partial charge in [0, 0.05) is 23.6 Å². The van der Waals surface area contributed by atoms with E-state index >= 15 is 0 Å². The average molecular weight is 455 g/mol. The Morgan fingerprint density at radius 1 is 1.23 bits per heavy atom. The molecule has 1 aromatic carbocycles. The molecule has 4 heterocycles. The van der Waals surface area contributed by atoms with Gasteiger partial charge in [-0.3, -0.25) is 14.5 Å². The number of nitrogen functional groups attached to an aromatic ring is 1. The highest BCUT2D eigenvalue weighted by Crippen LogP contribution is 2.39. The van der Waals surface area contributed by atoms with Gasteiger partial charge in [0.15, 0.2) is 5.16 Å². The Hall–Kier alpha value is -2.49. The van der Waals surface area contributed by atoms with Crippen molar-refractivity contribution >= 4 is 50.9 Å². The van der Waals surface area contributed by atoms with Crippen molar-refractivity contribution in [2.75, 3.05) is 18.0 Å². The maximum atomic E-state index is 12.5. The molecule has 9 heteroatoms. The first-order valence-corrected chi connectivity index (χ1v) is 12.1. The lowest BCUT2D eigenvalue weighted by Gasteiger charge is -2.22. The minimum absolute atomic E-state index is 0.225. The molecule has 0 aliphatic carbocycles. The maximum Gasteiger partial charge on any atom is 0.261 e. The van der Waals surface area contributed by atoms with E-state index in [0.29, 0.717) is 41.0 Å². The zero-order chi connectivity index (χ0) is 21.5. The summed E-state index contributed by atoms with van der Waals surface area (Å²) in [6, 6.07) is 6.91. The van der Waals surface area contributed by atoms with Gasteiger partial charge in [-0.1, -0.05) is 37.2 Å². The molecule has 2 aromatic heterocycles. The van der Waals surface area contributed by atoms with Crippen molar-refractivity contribution in [3.8, 4) is 0 Å². The van der Waals surface area contributed by atoms with Crippen molar-refractivity contribution in [1.82, 2.24) is 14.9 Å². The summed E-state index contributed by atoms with van der Waals surface area (Å²) in [6.07, 6.45) is 3.19. The van der Waals surface area contributed by atoms with Crippen LogP contribution >= 0.6 is 23.1 Å². The van der Waals surface area contributed by atoms with Crippen molar-refractivity contribution in [3.05, 3.63) is 45.8 Å². The summed E-state index contributed by atoms with van der Waals surface area (Å²) >= 11 is 3.01. The number of thiophene rings is 1. The third-order valence-electron chi connectivity index (χ3n) is 5.66. The van der Waals surface area contributed by atoms with Crippen molar-refractivity contribution in [2.45, 2.75) is 44.1 Å². The summed E-state index contributed by atoms with van der Waals surface area (Å²) in [5, 5.41) is 1.51. The van der Waals surface area contributed by atoms with Gasteiger partial charge in [0.25, 0.3) is 11.8 Å². The number of benzene rings is 1. The summed E-state index contributed by atoms with van der Waals surface area (Å²) in [7, 11) is 0.